The lowest BCUT2D eigenvalue weighted by molar-refractivity contribution is 0.222. The van der Waals surface area contributed by atoms with Crippen molar-refractivity contribution in [1.29, 1.82) is 0 Å². The molecular weight excluding hydrogens is 663 g/mol. The molecule has 13 nitrogen and oxygen atoms in total. The maximum absolute atomic E-state index is 14.4. The van der Waals surface area contributed by atoms with Crippen LogP contribution in [0.4, 0.5) is 5.69 Å². The molecule has 2 N–H and O–H groups in total. The lowest BCUT2D eigenvalue weighted by Gasteiger charge is -2.33. The van der Waals surface area contributed by atoms with Crippen molar-refractivity contribution in [2.45, 2.75) is 14.7 Å². The number of hydrogen-bond donors (Lipinski definition) is 1. The van der Waals surface area contributed by atoms with Crippen LogP contribution in [0.3, 0.4) is 0 Å². The van der Waals surface area contributed by atoms with Crippen LogP contribution in [0.25, 0.3) is 32.3 Å². The molecule has 254 valence electrons. The summed E-state index contributed by atoms with van der Waals surface area (Å²) < 4.78 is 90.3. The van der Waals surface area contributed by atoms with Gasteiger partial charge in [0.15, 0.2) is 0 Å². The number of sulfonamides is 3. The van der Waals surface area contributed by atoms with E-state index in [0.29, 0.717) is 84.7 Å². The molecule has 3 aliphatic heterocycles. The maximum Gasteiger partial charge on any atom is 0.243 e. The minimum Gasteiger partial charge on any atom is -0.398 e. The Morgan fingerprint density at radius 2 is 0.723 bits per heavy atom. The first-order valence-electron chi connectivity index (χ1n) is 15.8. The molecule has 0 bridgehead atoms. The third-order valence-corrected chi connectivity index (χ3v) is 15.9. The highest BCUT2D eigenvalue weighted by Crippen LogP contribution is 2.45. The number of nitrogen functional groups attached to an aromatic ring is 1. The van der Waals surface area contributed by atoms with Crippen molar-refractivity contribution in [2.75, 3.05) is 105 Å². The molecule has 0 amide bonds. The standard InChI is InChI=1S/C31H41N7O6S3/c1-33-8-14-36(15-9-33)45(39,40)27-20-26(32)22-4-5-24-28(46(41,42)37-16-10-34(2)11-17-37)21-29(25-7-6-23(27)30(22)31(24)25)47(43,44)38-18-12-35(3)13-19-38/h4-7,20-21H,8-19,32H2,1-3H3. The van der Waals surface area contributed by atoms with E-state index >= 15 is 0 Å². The van der Waals surface area contributed by atoms with E-state index in [0.717, 1.165) is 0 Å². The zero-order chi connectivity index (χ0) is 33.5. The number of nitrogens with zero attached hydrogens (tertiary/aromatic N) is 6. The second-order valence-corrected chi connectivity index (χ2v) is 18.7. The van der Waals surface area contributed by atoms with Crippen LogP contribution in [0.15, 0.2) is 51.1 Å². The Bertz CT molecular complexity index is 2120. The average Bonchev–Trinajstić information content (AvgIpc) is 3.04. The summed E-state index contributed by atoms with van der Waals surface area (Å²) >= 11 is 0. The fourth-order valence-electron chi connectivity index (χ4n) is 7.07. The van der Waals surface area contributed by atoms with Gasteiger partial charge in [0.2, 0.25) is 30.1 Å². The minimum atomic E-state index is -4.15. The maximum atomic E-state index is 14.4. The van der Waals surface area contributed by atoms with Crippen LogP contribution in [-0.2, 0) is 30.1 Å². The van der Waals surface area contributed by atoms with Crippen LogP contribution in [0.2, 0.25) is 0 Å². The van der Waals surface area contributed by atoms with Crippen LogP contribution in [0.1, 0.15) is 0 Å². The third kappa shape index (κ3) is 5.38. The molecule has 3 aliphatic rings. The lowest BCUT2D eigenvalue weighted by Crippen LogP contribution is -2.47. The van der Waals surface area contributed by atoms with Crippen molar-refractivity contribution >= 4 is 68.1 Å². The number of rotatable bonds is 6. The topological polar surface area (TPSA) is 148 Å². The van der Waals surface area contributed by atoms with Crippen molar-refractivity contribution in [1.82, 2.24) is 27.6 Å². The van der Waals surface area contributed by atoms with E-state index in [4.69, 9.17) is 5.73 Å². The van der Waals surface area contributed by atoms with Crippen LogP contribution in [0.5, 0.6) is 0 Å². The van der Waals surface area contributed by atoms with E-state index in [2.05, 4.69) is 4.90 Å². The largest absolute Gasteiger partial charge is 0.398 e. The summed E-state index contributed by atoms with van der Waals surface area (Å²) in [5.74, 6) is 0. The van der Waals surface area contributed by atoms with Gasteiger partial charge < -0.3 is 20.4 Å². The number of nitrogens with two attached hydrogens (primary N) is 1. The Balaban J connectivity index is 1.53. The van der Waals surface area contributed by atoms with Gasteiger partial charge in [-0.25, -0.2) is 25.3 Å². The van der Waals surface area contributed by atoms with Gasteiger partial charge in [-0.3, -0.25) is 0 Å². The minimum absolute atomic E-state index is 0.0252. The zero-order valence-corrected chi connectivity index (χ0v) is 29.3. The van der Waals surface area contributed by atoms with E-state index in [9.17, 15) is 25.3 Å². The molecule has 0 radical (unpaired) electrons. The monoisotopic (exact) mass is 703 g/mol. The molecule has 0 aromatic heterocycles. The second kappa shape index (κ2) is 11.7. The number of anilines is 1. The van der Waals surface area contributed by atoms with Crippen LogP contribution < -0.4 is 5.73 Å². The summed E-state index contributed by atoms with van der Waals surface area (Å²) in [7, 11) is -6.49. The lowest BCUT2D eigenvalue weighted by atomic mass is 9.93. The summed E-state index contributed by atoms with van der Waals surface area (Å²) in [6, 6.07) is 9.43. The Kier molecular flexibility index (Phi) is 8.21. The first-order chi connectivity index (χ1) is 22.2. The highest BCUT2D eigenvalue weighted by Gasteiger charge is 2.36. The van der Waals surface area contributed by atoms with Gasteiger partial charge in [0.25, 0.3) is 0 Å². The summed E-state index contributed by atoms with van der Waals surface area (Å²) in [5, 5.41) is 2.41. The van der Waals surface area contributed by atoms with Crippen molar-refractivity contribution in [3.8, 4) is 0 Å². The Labute approximate surface area is 276 Å². The Morgan fingerprint density at radius 1 is 0.447 bits per heavy atom. The van der Waals surface area contributed by atoms with Crippen LogP contribution in [0, 0.1) is 0 Å². The quantitative estimate of drug-likeness (QED) is 0.228. The first-order valence-corrected chi connectivity index (χ1v) is 20.1. The fraction of sp³-hybridized carbons (Fsp3) is 0.484. The highest BCUT2D eigenvalue weighted by atomic mass is 32.2. The van der Waals surface area contributed by atoms with Gasteiger partial charge in [0, 0.05) is 117 Å². The Hall–Kier alpha value is -2.67. The molecule has 0 unspecified atom stereocenters. The van der Waals surface area contributed by atoms with E-state index in [1.807, 2.05) is 30.9 Å². The molecule has 0 saturated carbocycles. The molecule has 0 atom stereocenters. The highest BCUT2D eigenvalue weighted by molar-refractivity contribution is 7.90. The molecular formula is C31H41N7O6S3. The molecule has 3 fully saturated rings. The molecule has 0 aliphatic carbocycles. The van der Waals surface area contributed by atoms with Gasteiger partial charge in [-0.2, -0.15) is 12.9 Å². The second-order valence-electron chi connectivity index (χ2n) is 13.0. The molecule has 47 heavy (non-hydrogen) atoms. The SMILES string of the molecule is CN1CCN(S(=O)(=O)c2cc(N)c3ccc4c(S(=O)(=O)N5CCN(C)CC5)cc(S(=O)(=O)N5CCN(C)CC5)c5ccc2c3c45)CC1. The fourth-order valence-corrected chi connectivity index (χ4v) is 12.1. The molecule has 16 heteroatoms. The summed E-state index contributed by atoms with van der Waals surface area (Å²) in [5.41, 5.74) is 6.79. The van der Waals surface area contributed by atoms with E-state index in [1.165, 1.54) is 25.0 Å². The van der Waals surface area contributed by atoms with Crippen LogP contribution >= 0.6 is 0 Å². The summed E-state index contributed by atoms with van der Waals surface area (Å²) in [4.78, 5) is 5.96. The molecule has 0 spiro atoms. The van der Waals surface area contributed by atoms with Crippen LogP contribution in [-0.4, -0.2) is 153 Å². The predicted molar refractivity (Wildman–Crippen MR) is 183 cm³/mol. The van der Waals surface area contributed by atoms with Crippen molar-refractivity contribution in [2.24, 2.45) is 0 Å². The third-order valence-electron chi connectivity index (χ3n) is 10.1. The summed E-state index contributed by atoms with van der Waals surface area (Å²) in [6.07, 6.45) is 0. The molecule has 3 heterocycles. The first kappa shape index (κ1) is 32.9. The van der Waals surface area contributed by atoms with Gasteiger partial charge in [0.1, 0.15) is 0 Å². The zero-order valence-electron chi connectivity index (χ0n) is 26.9. The molecule has 4 aromatic carbocycles. The molecule has 3 saturated heterocycles. The average molecular weight is 704 g/mol. The Morgan fingerprint density at radius 3 is 1.06 bits per heavy atom. The predicted octanol–water partition coefficient (Wildman–Crippen LogP) is 0.975. The number of hydrogen-bond acceptors (Lipinski definition) is 10. The van der Waals surface area contributed by atoms with E-state index in [1.54, 1.807) is 24.3 Å². The van der Waals surface area contributed by atoms with Crippen molar-refractivity contribution in [3.05, 3.63) is 36.4 Å². The smallest absolute Gasteiger partial charge is 0.243 e. The normalized spacial score (nSPS) is 21.4. The van der Waals surface area contributed by atoms with E-state index in [-0.39, 0.29) is 46.6 Å². The number of benzene rings is 4. The van der Waals surface area contributed by atoms with E-state index < -0.39 is 30.1 Å². The van der Waals surface area contributed by atoms with Gasteiger partial charge >= 0.3 is 0 Å². The number of likely N-dealkylation sites (N-methyl/N-ethyl adjacent to an activating group) is 3. The van der Waals surface area contributed by atoms with Gasteiger partial charge in [-0.15, -0.1) is 0 Å². The van der Waals surface area contributed by atoms with Crippen molar-refractivity contribution < 1.29 is 25.3 Å². The molecule has 7 rings (SSSR count). The van der Waals surface area contributed by atoms with Crippen molar-refractivity contribution in [3.63, 3.8) is 0 Å². The van der Waals surface area contributed by atoms with Gasteiger partial charge in [-0.1, -0.05) is 24.3 Å². The summed E-state index contributed by atoms with van der Waals surface area (Å²) in [6.45, 7) is 5.05. The van der Waals surface area contributed by atoms with Gasteiger partial charge in [-0.05, 0) is 33.3 Å². The number of piperazine rings is 3. The van der Waals surface area contributed by atoms with Gasteiger partial charge in [0.05, 0.1) is 14.7 Å². The molecule has 4 aromatic rings.